The Balaban J connectivity index is 2.72. The molecule has 0 saturated heterocycles. The molecular weight excluding hydrogens is 224 g/mol. The molecule has 1 unspecified atom stereocenters. The summed E-state index contributed by atoms with van der Waals surface area (Å²) in [6, 6.07) is 0. The van der Waals surface area contributed by atoms with Gasteiger partial charge in [0.05, 0.1) is 5.92 Å². The van der Waals surface area contributed by atoms with Crippen molar-refractivity contribution < 1.29 is 9.90 Å². The first-order valence-corrected chi connectivity index (χ1v) is 5.90. The molecule has 0 aliphatic carbocycles. The SMILES string of the molecule is C=C(C)CN(CC(C)C(=O)O)c1nccs1. The molecule has 0 radical (unpaired) electrons. The third kappa shape index (κ3) is 3.66. The van der Waals surface area contributed by atoms with Crippen LogP contribution in [0.15, 0.2) is 23.7 Å². The zero-order valence-corrected chi connectivity index (χ0v) is 10.3. The van der Waals surface area contributed by atoms with Crippen LogP contribution < -0.4 is 4.90 Å². The van der Waals surface area contributed by atoms with Crippen LogP contribution in [0, 0.1) is 5.92 Å². The van der Waals surface area contributed by atoms with E-state index in [2.05, 4.69) is 11.6 Å². The molecule has 1 aromatic rings. The Kier molecular flexibility index (Phi) is 4.49. The van der Waals surface area contributed by atoms with Crippen LogP contribution in [-0.4, -0.2) is 29.1 Å². The van der Waals surface area contributed by atoms with Crippen molar-refractivity contribution in [2.45, 2.75) is 13.8 Å². The molecular formula is C11H16N2O2S. The minimum atomic E-state index is -0.789. The van der Waals surface area contributed by atoms with Gasteiger partial charge in [0.2, 0.25) is 0 Å². The first-order valence-electron chi connectivity index (χ1n) is 5.02. The summed E-state index contributed by atoms with van der Waals surface area (Å²) in [5.41, 5.74) is 0.993. The number of carboxylic acids is 1. The highest BCUT2D eigenvalue weighted by molar-refractivity contribution is 7.13. The van der Waals surface area contributed by atoms with Crippen LogP contribution in [0.4, 0.5) is 5.13 Å². The van der Waals surface area contributed by atoms with Gasteiger partial charge in [0, 0.05) is 24.7 Å². The number of rotatable bonds is 6. The molecule has 0 amide bonds. The predicted octanol–water partition coefficient (Wildman–Crippen LogP) is 2.25. The van der Waals surface area contributed by atoms with Gasteiger partial charge < -0.3 is 10.0 Å². The quantitative estimate of drug-likeness (QED) is 0.775. The van der Waals surface area contributed by atoms with Gasteiger partial charge in [-0.1, -0.05) is 19.1 Å². The Morgan fingerprint density at radius 3 is 2.88 bits per heavy atom. The Labute approximate surface area is 99.2 Å². The number of anilines is 1. The Morgan fingerprint density at radius 1 is 1.75 bits per heavy atom. The van der Waals surface area contributed by atoms with E-state index in [0.29, 0.717) is 13.1 Å². The van der Waals surface area contributed by atoms with E-state index in [1.54, 1.807) is 13.1 Å². The minimum absolute atomic E-state index is 0.414. The number of aliphatic carboxylic acids is 1. The highest BCUT2D eigenvalue weighted by Crippen LogP contribution is 2.19. The summed E-state index contributed by atoms with van der Waals surface area (Å²) in [6.45, 7) is 8.56. The van der Waals surface area contributed by atoms with Crippen molar-refractivity contribution in [1.29, 1.82) is 0 Å². The van der Waals surface area contributed by atoms with Crippen LogP contribution in [0.25, 0.3) is 0 Å². The van der Waals surface area contributed by atoms with Crippen molar-refractivity contribution in [3.8, 4) is 0 Å². The maximum atomic E-state index is 10.8. The van der Waals surface area contributed by atoms with E-state index in [1.807, 2.05) is 17.2 Å². The molecule has 0 fully saturated rings. The van der Waals surface area contributed by atoms with E-state index in [9.17, 15) is 4.79 Å². The van der Waals surface area contributed by atoms with E-state index >= 15 is 0 Å². The molecule has 0 spiro atoms. The number of carbonyl (C=O) groups is 1. The zero-order chi connectivity index (χ0) is 12.1. The van der Waals surface area contributed by atoms with E-state index < -0.39 is 11.9 Å². The van der Waals surface area contributed by atoms with Crippen molar-refractivity contribution in [3.63, 3.8) is 0 Å². The fraction of sp³-hybridized carbons (Fsp3) is 0.455. The van der Waals surface area contributed by atoms with Crippen LogP contribution >= 0.6 is 11.3 Å². The van der Waals surface area contributed by atoms with Crippen molar-refractivity contribution in [2.75, 3.05) is 18.0 Å². The van der Waals surface area contributed by atoms with Crippen molar-refractivity contribution >= 4 is 22.4 Å². The lowest BCUT2D eigenvalue weighted by atomic mass is 10.1. The lowest BCUT2D eigenvalue weighted by Crippen LogP contribution is -2.32. The Morgan fingerprint density at radius 2 is 2.44 bits per heavy atom. The molecule has 1 N–H and O–H groups in total. The number of hydrogen-bond acceptors (Lipinski definition) is 4. The molecule has 0 saturated carbocycles. The molecule has 1 aromatic heterocycles. The molecule has 1 rings (SSSR count). The summed E-state index contributed by atoms with van der Waals surface area (Å²) >= 11 is 1.51. The molecule has 88 valence electrons. The van der Waals surface area contributed by atoms with Gasteiger partial charge in [-0.15, -0.1) is 11.3 Å². The fourth-order valence-corrected chi connectivity index (χ4v) is 1.97. The van der Waals surface area contributed by atoms with Crippen LogP contribution in [-0.2, 0) is 4.79 Å². The van der Waals surface area contributed by atoms with Crippen molar-refractivity contribution in [3.05, 3.63) is 23.7 Å². The molecule has 4 nitrogen and oxygen atoms in total. The standard InChI is InChI=1S/C11H16N2O2S/c1-8(2)6-13(7-9(3)10(14)15)11-12-4-5-16-11/h4-5,9H,1,6-7H2,2-3H3,(H,14,15). The first kappa shape index (κ1) is 12.7. The van der Waals surface area contributed by atoms with E-state index in [1.165, 1.54) is 11.3 Å². The lowest BCUT2D eigenvalue weighted by molar-refractivity contribution is -0.140. The summed E-state index contributed by atoms with van der Waals surface area (Å²) in [6.07, 6.45) is 1.72. The van der Waals surface area contributed by atoms with Crippen LogP contribution in [0.5, 0.6) is 0 Å². The van der Waals surface area contributed by atoms with Gasteiger partial charge in [-0.3, -0.25) is 4.79 Å². The van der Waals surface area contributed by atoms with E-state index in [4.69, 9.17) is 5.11 Å². The average molecular weight is 240 g/mol. The number of carboxylic acid groups (broad SMARTS) is 1. The predicted molar refractivity (Wildman–Crippen MR) is 65.9 cm³/mol. The normalized spacial score (nSPS) is 12.1. The Hall–Kier alpha value is -1.36. The van der Waals surface area contributed by atoms with E-state index in [0.717, 1.165) is 10.7 Å². The van der Waals surface area contributed by atoms with Crippen LogP contribution in [0.1, 0.15) is 13.8 Å². The first-order chi connectivity index (χ1) is 7.50. The van der Waals surface area contributed by atoms with Gasteiger partial charge in [0.25, 0.3) is 0 Å². The number of nitrogens with zero attached hydrogens (tertiary/aromatic N) is 2. The summed E-state index contributed by atoms with van der Waals surface area (Å²) in [7, 11) is 0. The van der Waals surface area contributed by atoms with E-state index in [-0.39, 0.29) is 0 Å². The highest BCUT2D eigenvalue weighted by Gasteiger charge is 2.17. The molecule has 1 heterocycles. The lowest BCUT2D eigenvalue weighted by Gasteiger charge is -2.23. The second kappa shape index (κ2) is 5.65. The summed E-state index contributed by atoms with van der Waals surface area (Å²) in [5.74, 6) is -1.20. The largest absolute Gasteiger partial charge is 0.481 e. The summed E-state index contributed by atoms with van der Waals surface area (Å²) < 4.78 is 0. The smallest absolute Gasteiger partial charge is 0.308 e. The van der Waals surface area contributed by atoms with Gasteiger partial charge in [-0.2, -0.15) is 0 Å². The molecule has 0 aromatic carbocycles. The molecule has 0 bridgehead atoms. The molecule has 1 atom stereocenters. The van der Waals surface area contributed by atoms with Crippen LogP contribution in [0.3, 0.4) is 0 Å². The summed E-state index contributed by atoms with van der Waals surface area (Å²) in [5, 5.41) is 11.6. The maximum absolute atomic E-state index is 10.8. The maximum Gasteiger partial charge on any atom is 0.308 e. The third-order valence-corrected chi connectivity index (χ3v) is 2.90. The monoisotopic (exact) mass is 240 g/mol. The topological polar surface area (TPSA) is 53.4 Å². The zero-order valence-electron chi connectivity index (χ0n) is 9.51. The number of aromatic nitrogens is 1. The molecule has 5 heteroatoms. The molecule has 0 aliphatic rings. The third-order valence-electron chi connectivity index (χ3n) is 2.07. The van der Waals surface area contributed by atoms with Crippen LogP contribution in [0.2, 0.25) is 0 Å². The summed E-state index contributed by atoms with van der Waals surface area (Å²) in [4.78, 5) is 17.0. The number of thiazole rings is 1. The van der Waals surface area contributed by atoms with Gasteiger partial charge in [-0.05, 0) is 6.92 Å². The second-order valence-electron chi connectivity index (χ2n) is 3.89. The van der Waals surface area contributed by atoms with Gasteiger partial charge in [-0.25, -0.2) is 4.98 Å². The van der Waals surface area contributed by atoms with Gasteiger partial charge in [0.15, 0.2) is 5.13 Å². The number of hydrogen-bond donors (Lipinski definition) is 1. The van der Waals surface area contributed by atoms with Gasteiger partial charge >= 0.3 is 5.97 Å². The fourth-order valence-electron chi connectivity index (χ4n) is 1.32. The highest BCUT2D eigenvalue weighted by atomic mass is 32.1. The molecule has 0 aliphatic heterocycles. The average Bonchev–Trinajstić information content (AvgIpc) is 2.68. The minimum Gasteiger partial charge on any atom is -0.481 e. The second-order valence-corrected chi connectivity index (χ2v) is 4.76. The molecule has 16 heavy (non-hydrogen) atoms. The Bertz CT molecular complexity index is 362. The van der Waals surface area contributed by atoms with Crippen molar-refractivity contribution in [1.82, 2.24) is 4.98 Å². The van der Waals surface area contributed by atoms with Gasteiger partial charge in [0.1, 0.15) is 0 Å². The van der Waals surface area contributed by atoms with Crippen molar-refractivity contribution in [2.24, 2.45) is 5.92 Å².